The second kappa shape index (κ2) is 11.3. The maximum absolute atomic E-state index is 11.2. The molecule has 0 fully saturated rings. The highest BCUT2D eigenvalue weighted by Crippen LogP contribution is 2.20. The fourth-order valence-corrected chi connectivity index (χ4v) is 2.47. The number of benzene rings is 1. The maximum Gasteiger partial charge on any atom is 0.549 e. The van der Waals surface area contributed by atoms with E-state index in [1.165, 1.54) is 17.0 Å². The molecule has 1 heterocycles. The third kappa shape index (κ3) is 8.97. The van der Waals surface area contributed by atoms with Crippen molar-refractivity contribution in [3.05, 3.63) is 59.4 Å². The van der Waals surface area contributed by atoms with E-state index in [4.69, 9.17) is 11.6 Å². The normalized spacial score (nSPS) is 9.64. The number of halogens is 1. The molecule has 0 saturated carbocycles. The van der Waals surface area contributed by atoms with Gasteiger partial charge in [0.15, 0.2) is 0 Å². The molecule has 0 aliphatic heterocycles. The number of pyridine rings is 1. The molecule has 0 aliphatic rings. The molecule has 6 nitrogen and oxygen atoms in total. The van der Waals surface area contributed by atoms with Crippen LogP contribution in [0.15, 0.2) is 53.7 Å². The number of thioether (sulfide) groups is 1. The lowest BCUT2D eigenvalue weighted by Gasteiger charge is -2.01. The number of ether oxygens (including phenoxy) is 1. The summed E-state index contributed by atoms with van der Waals surface area (Å²) in [5, 5.41) is 1.02. The van der Waals surface area contributed by atoms with Gasteiger partial charge in [-0.3, -0.25) is 4.98 Å². The monoisotopic (exact) mass is 383 g/mol. The van der Waals surface area contributed by atoms with Crippen molar-refractivity contribution in [1.82, 2.24) is 4.98 Å². The van der Waals surface area contributed by atoms with Gasteiger partial charge in [0.1, 0.15) is 0 Å². The Kier molecular flexibility index (Phi) is 9.42. The van der Waals surface area contributed by atoms with Crippen LogP contribution in [0.3, 0.4) is 0 Å². The van der Waals surface area contributed by atoms with Crippen LogP contribution in [0.4, 0.5) is 4.79 Å². The molecule has 1 aromatic carbocycles. The molecule has 0 N–H and O–H groups in total. The number of hydrogen-bond acceptors (Lipinski definition) is 7. The molecule has 2 rings (SSSR count). The van der Waals surface area contributed by atoms with Crippen molar-refractivity contribution in [3.8, 4) is 0 Å². The average Bonchev–Trinajstić information content (AvgIpc) is 2.60. The van der Waals surface area contributed by atoms with Crippen LogP contribution in [-0.4, -0.2) is 29.5 Å². The van der Waals surface area contributed by atoms with Crippen LogP contribution in [0.1, 0.15) is 24.2 Å². The van der Waals surface area contributed by atoms with Crippen LogP contribution in [0.2, 0.25) is 5.02 Å². The summed E-state index contributed by atoms with van der Waals surface area (Å²) in [5.41, 5.74) is 0.173. The van der Waals surface area contributed by atoms with Gasteiger partial charge in [-0.25, -0.2) is 14.6 Å². The molecule has 134 valence electrons. The topological polar surface area (TPSA) is 74.7 Å². The van der Waals surface area contributed by atoms with E-state index in [2.05, 4.69) is 39.4 Å². The van der Waals surface area contributed by atoms with Crippen LogP contribution in [0, 0.1) is 0 Å². The molecule has 0 radical (unpaired) electrons. The molecule has 0 amide bonds. The van der Waals surface area contributed by atoms with Crippen molar-refractivity contribution in [2.24, 2.45) is 0 Å². The fourth-order valence-electron chi connectivity index (χ4n) is 1.46. The van der Waals surface area contributed by atoms with Crippen molar-refractivity contribution >= 4 is 35.5 Å². The second-order valence-electron chi connectivity index (χ2n) is 4.77. The first-order chi connectivity index (χ1) is 11.9. The quantitative estimate of drug-likeness (QED) is 0.327. The SMILES string of the molecule is CC(C)Sc1cccnc1.COC(=O)OOC(=O)c1cccc(Cl)c1. The molecule has 0 aliphatic carbocycles. The third-order valence-corrected chi connectivity index (χ3v) is 3.64. The van der Waals surface area contributed by atoms with Gasteiger partial charge in [0, 0.05) is 27.6 Å². The minimum atomic E-state index is -1.11. The molecular formula is C17H18ClNO5S. The molecule has 2 aromatic rings. The summed E-state index contributed by atoms with van der Waals surface area (Å²) >= 11 is 7.47. The van der Waals surface area contributed by atoms with E-state index < -0.39 is 12.1 Å². The molecule has 8 heteroatoms. The predicted molar refractivity (Wildman–Crippen MR) is 95.6 cm³/mol. The van der Waals surface area contributed by atoms with Crippen molar-refractivity contribution in [3.63, 3.8) is 0 Å². The molecule has 0 spiro atoms. The van der Waals surface area contributed by atoms with E-state index in [0.717, 1.165) is 7.11 Å². The zero-order valence-electron chi connectivity index (χ0n) is 14.0. The standard InChI is InChI=1S/C9H7ClO5.C8H11NS/c1-13-9(12)15-14-8(11)6-3-2-4-7(10)5-6;1-7(2)10-8-4-3-5-9-6-8/h2-5H,1H3;3-7H,1-2H3. The maximum atomic E-state index is 11.2. The Hall–Kier alpha value is -2.25. The summed E-state index contributed by atoms with van der Waals surface area (Å²) in [6.07, 6.45) is 2.58. The zero-order valence-corrected chi connectivity index (χ0v) is 15.5. The lowest BCUT2D eigenvalue weighted by Crippen LogP contribution is -2.11. The Morgan fingerprint density at radius 1 is 1.16 bits per heavy atom. The van der Waals surface area contributed by atoms with E-state index >= 15 is 0 Å². The summed E-state index contributed by atoms with van der Waals surface area (Å²) in [4.78, 5) is 35.1. The fraction of sp³-hybridized carbons (Fsp3) is 0.235. The summed E-state index contributed by atoms with van der Waals surface area (Å²) in [6.45, 7) is 4.36. The van der Waals surface area contributed by atoms with Crippen molar-refractivity contribution in [2.75, 3.05) is 7.11 Å². The number of aromatic nitrogens is 1. The first-order valence-corrected chi connectivity index (χ1v) is 8.47. The van der Waals surface area contributed by atoms with Gasteiger partial charge in [0.25, 0.3) is 0 Å². The van der Waals surface area contributed by atoms with Gasteiger partial charge in [-0.2, -0.15) is 4.79 Å². The highest BCUT2D eigenvalue weighted by molar-refractivity contribution is 7.99. The predicted octanol–water partition coefficient (Wildman–Crippen LogP) is 4.78. The van der Waals surface area contributed by atoms with Crippen LogP contribution in [0.5, 0.6) is 0 Å². The lowest BCUT2D eigenvalue weighted by molar-refractivity contribution is -0.200. The lowest BCUT2D eigenvalue weighted by atomic mass is 10.2. The number of carbonyl (C=O) groups excluding carboxylic acids is 2. The molecule has 25 heavy (non-hydrogen) atoms. The number of carbonyl (C=O) groups is 2. The van der Waals surface area contributed by atoms with E-state index in [9.17, 15) is 9.59 Å². The number of rotatable bonds is 3. The second-order valence-corrected chi connectivity index (χ2v) is 6.86. The van der Waals surface area contributed by atoms with Gasteiger partial charge >= 0.3 is 12.1 Å². The molecule has 0 bridgehead atoms. The van der Waals surface area contributed by atoms with Crippen LogP contribution < -0.4 is 0 Å². The minimum absolute atomic E-state index is 0.173. The molecule has 0 unspecified atom stereocenters. The van der Waals surface area contributed by atoms with Crippen LogP contribution in [-0.2, 0) is 14.5 Å². The van der Waals surface area contributed by atoms with Crippen LogP contribution in [0.25, 0.3) is 0 Å². The van der Waals surface area contributed by atoms with E-state index in [1.54, 1.807) is 18.3 Å². The van der Waals surface area contributed by atoms with Crippen molar-refractivity contribution in [1.29, 1.82) is 0 Å². The number of nitrogens with zero attached hydrogens (tertiary/aromatic N) is 1. The zero-order chi connectivity index (χ0) is 18.7. The van der Waals surface area contributed by atoms with Crippen molar-refractivity contribution in [2.45, 2.75) is 24.0 Å². The molecule has 0 atom stereocenters. The van der Waals surface area contributed by atoms with E-state index in [1.807, 2.05) is 24.0 Å². The van der Waals surface area contributed by atoms with Gasteiger partial charge < -0.3 is 4.74 Å². The van der Waals surface area contributed by atoms with Crippen LogP contribution >= 0.6 is 23.4 Å². The molecule has 0 saturated heterocycles. The Morgan fingerprint density at radius 2 is 1.92 bits per heavy atom. The van der Waals surface area contributed by atoms with E-state index in [-0.39, 0.29) is 5.56 Å². The molecular weight excluding hydrogens is 366 g/mol. The average molecular weight is 384 g/mol. The van der Waals surface area contributed by atoms with Gasteiger partial charge in [-0.1, -0.05) is 31.5 Å². The first kappa shape index (κ1) is 20.8. The summed E-state index contributed by atoms with van der Waals surface area (Å²) < 4.78 is 4.10. The highest BCUT2D eigenvalue weighted by Gasteiger charge is 2.12. The Morgan fingerprint density at radius 3 is 2.48 bits per heavy atom. The van der Waals surface area contributed by atoms with E-state index in [0.29, 0.717) is 10.3 Å². The van der Waals surface area contributed by atoms with Gasteiger partial charge in [-0.15, -0.1) is 11.8 Å². The number of methoxy groups -OCH3 is 1. The number of hydrogen-bond donors (Lipinski definition) is 0. The summed E-state index contributed by atoms with van der Waals surface area (Å²) in [7, 11) is 1.09. The largest absolute Gasteiger partial charge is 0.549 e. The summed E-state index contributed by atoms with van der Waals surface area (Å²) in [5.74, 6) is -0.831. The van der Waals surface area contributed by atoms with Gasteiger partial charge in [-0.05, 0) is 30.3 Å². The Balaban J connectivity index is 0.000000271. The highest BCUT2D eigenvalue weighted by atomic mass is 35.5. The Bertz CT molecular complexity index is 682. The molecule has 1 aromatic heterocycles. The Labute approximate surface area is 155 Å². The smallest absolute Gasteiger partial charge is 0.435 e. The van der Waals surface area contributed by atoms with Crippen molar-refractivity contribution < 1.29 is 24.1 Å². The first-order valence-electron chi connectivity index (χ1n) is 7.21. The van der Waals surface area contributed by atoms with Gasteiger partial charge in [0.2, 0.25) is 0 Å². The van der Waals surface area contributed by atoms with Gasteiger partial charge in [0.05, 0.1) is 12.7 Å². The third-order valence-electron chi connectivity index (χ3n) is 2.42. The summed E-state index contributed by atoms with van der Waals surface area (Å²) in [6, 6.07) is 10.1. The minimum Gasteiger partial charge on any atom is -0.435 e.